The van der Waals surface area contributed by atoms with Gasteiger partial charge in [0.15, 0.2) is 17.0 Å². The van der Waals surface area contributed by atoms with Crippen molar-refractivity contribution in [2.75, 3.05) is 38.4 Å². The zero-order chi connectivity index (χ0) is 27.7. The summed E-state index contributed by atoms with van der Waals surface area (Å²) >= 11 is 0. The number of hydrogen-bond acceptors (Lipinski definition) is 11. The molecule has 3 N–H and O–H groups in total. The van der Waals surface area contributed by atoms with Crippen LogP contribution in [0.2, 0.25) is 0 Å². The Hall–Kier alpha value is -3.32. The third-order valence-corrected chi connectivity index (χ3v) is 7.51. The van der Waals surface area contributed by atoms with Crippen molar-refractivity contribution in [1.82, 2.24) is 24.6 Å². The number of ether oxygens (including phenoxy) is 2. The molecule has 4 rings (SSSR count). The van der Waals surface area contributed by atoms with Gasteiger partial charge in [0.2, 0.25) is 11.8 Å². The third-order valence-electron chi connectivity index (χ3n) is 5.89. The Morgan fingerprint density at radius 2 is 2.08 bits per heavy atom. The van der Waals surface area contributed by atoms with Gasteiger partial charge in [-0.15, -0.1) is 0 Å². The number of carbonyl (C=O) groups is 1. The number of carbonyl (C=O) groups excluding carboxylic acids is 1. The van der Waals surface area contributed by atoms with Gasteiger partial charge >= 0.3 is 13.7 Å². The molecule has 1 saturated heterocycles. The molecule has 3 heterocycles. The van der Waals surface area contributed by atoms with Crippen molar-refractivity contribution in [3.05, 3.63) is 36.7 Å². The number of anilines is 2. The van der Waals surface area contributed by atoms with E-state index >= 15 is 4.39 Å². The van der Waals surface area contributed by atoms with Gasteiger partial charge in [-0.1, -0.05) is 25.1 Å². The molecule has 2 aromatic heterocycles. The molecule has 5 atom stereocenters. The number of methoxy groups -OCH3 is 1. The first-order valence-corrected chi connectivity index (χ1v) is 13.4. The number of aromatic nitrogens is 4. The number of nitrogens with two attached hydrogens (primary N) is 1. The lowest BCUT2D eigenvalue weighted by Crippen LogP contribution is -2.36. The average molecular weight is 552 g/mol. The van der Waals surface area contributed by atoms with E-state index in [-0.39, 0.29) is 24.0 Å². The molecular weight excluding hydrogens is 520 g/mol. The van der Waals surface area contributed by atoms with Crippen molar-refractivity contribution in [3.63, 3.8) is 0 Å². The molecule has 38 heavy (non-hydrogen) atoms. The quantitative estimate of drug-likeness (QED) is 0.281. The molecule has 0 unspecified atom stereocenters. The minimum absolute atomic E-state index is 0.0354. The minimum Gasteiger partial charge on any atom is -0.468 e. The van der Waals surface area contributed by atoms with Gasteiger partial charge in [0, 0.05) is 26.4 Å². The first-order valence-electron chi connectivity index (χ1n) is 11.8. The molecule has 1 aliphatic heterocycles. The second-order valence-corrected chi connectivity index (χ2v) is 10.9. The first-order chi connectivity index (χ1) is 17.9. The number of nitrogens with one attached hydrogen (secondary N) is 1. The van der Waals surface area contributed by atoms with Gasteiger partial charge in [-0.05, 0) is 19.1 Å². The van der Waals surface area contributed by atoms with E-state index in [0.717, 1.165) is 0 Å². The molecule has 0 amide bonds. The van der Waals surface area contributed by atoms with Crippen LogP contribution in [-0.2, 0) is 23.4 Å². The highest BCUT2D eigenvalue weighted by atomic mass is 31.2. The van der Waals surface area contributed by atoms with E-state index in [9.17, 15) is 9.36 Å². The highest BCUT2D eigenvalue weighted by Crippen LogP contribution is 2.49. The molecule has 1 aliphatic rings. The Labute approximate surface area is 219 Å². The summed E-state index contributed by atoms with van der Waals surface area (Å²) in [6.45, 7) is 2.48. The third kappa shape index (κ3) is 5.88. The lowest BCUT2D eigenvalue weighted by molar-refractivity contribution is -0.173. The fourth-order valence-corrected chi connectivity index (χ4v) is 5.68. The number of esters is 1. The van der Waals surface area contributed by atoms with Gasteiger partial charge in [-0.2, -0.15) is 15.1 Å². The van der Waals surface area contributed by atoms with Crippen LogP contribution in [0.25, 0.3) is 11.2 Å². The van der Waals surface area contributed by atoms with Crippen LogP contribution in [0, 0.1) is 5.92 Å². The van der Waals surface area contributed by atoms with Gasteiger partial charge in [-0.25, -0.2) is 13.9 Å². The summed E-state index contributed by atoms with van der Waals surface area (Å²) in [5.74, 6) is -2.64. The highest BCUT2D eigenvalue weighted by molar-refractivity contribution is 7.52. The first kappa shape index (κ1) is 27.7. The van der Waals surface area contributed by atoms with E-state index in [1.54, 1.807) is 60.8 Å². The highest BCUT2D eigenvalue weighted by Gasteiger charge is 2.49. The molecule has 3 aromatic rings. The summed E-state index contributed by atoms with van der Waals surface area (Å²) in [7, 11) is 0.525. The molecule has 0 aliphatic carbocycles. The number of para-hydroxylation sites is 1. The monoisotopic (exact) mass is 551 g/mol. The number of nitrogen functional groups attached to an aromatic ring is 1. The maximum absolute atomic E-state index is 16.0. The van der Waals surface area contributed by atoms with Crippen LogP contribution in [-0.4, -0.2) is 65.2 Å². The zero-order valence-corrected chi connectivity index (χ0v) is 22.6. The van der Waals surface area contributed by atoms with Crippen LogP contribution in [0.5, 0.6) is 5.75 Å². The van der Waals surface area contributed by atoms with E-state index < -0.39 is 38.4 Å². The van der Waals surface area contributed by atoms with Crippen LogP contribution in [0.3, 0.4) is 0 Å². The number of fused-ring (bicyclic) bond motifs is 1. The van der Waals surface area contributed by atoms with Gasteiger partial charge in [-0.3, -0.25) is 13.9 Å². The van der Waals surface area contributed by atoms with Crippen molar-refractivity contribution < 1.29 is 32.3 Å². The number of rotatable bonds is 10. The summed E-state index contributed by atoms with van der Waals surface area (Å²) in [6, 6.07) is 7.12. The molecule has 0 saturated carbocycles. The fourth-order valence-electron chi connectivity index (χ4n) is 4.16. The Balaban J connectivity index is 1.55. The fraction of sp³-hybridized carbons (Fsp3) is 0.478. The van der Waals surface area contributed by atoms with Crippen LogP contribution >= 0.6 is 7.75 Å². The number of imidazole rings is 1. The number of hydrogen-bond donors (Lipinski definition) is 2. The normalized spacial score (nSPS) is 23.6. The molecule has 0 radical (unpaired) electrons. The standard InChI is InChI=1S/C23H31FN7O6P/c1-14-11-23(24,36-20(14)31-13-26-17-18(30(3)4)27-22(25)28-19(17)31)12-35-38(33,29-15(2)21(32)34-5)37-16-9-7-6-8-10-16/h6-10,13-15,20H,11-12H2,1-5H3,(H,29,33)(H2,25,27,28)/t14-,15+,20+,23-,38-/m0/s1. The number of nitrogens with zero attached hydrogens (tertiary/aromatic N) is 5. The molecule has 13 nitrogen and oxygen atoms in total. The summed E-state index contributed by atoms with van der Waals surface area (Å²) < 4.78 is 52.7. The molecular formula is C23H31FN7O6P. The molecule has 0 spiro atoms. The van der Waals surface area contributed by atoms with E-state index in [1.165, 1.54) is 20.4 Å². The maximum atomic E-state index is 16.0. The summed E-state index contributed by atoms with van der Waals surface area (Å²) in [5.41, 5.74) is 6.76. The van der Waals surface area contributed by atoms with E-state index in [4.69, 9.17) is 19.5 Å². The minimum atomic E-state index is -4.25. The Morgan fingerprint density at radius 3 is 2.74 bits per heavy atom. The topological polar surface area (TPSA) is 156 Å². The summed E-state index contributed by atoms with van der Waals surface area (Å²) in [4.78, 5) is 26.6. The van der Waals surface area contributed by atoms with Gasteiger partial charge in [0.05, 0.1) is 13.4 Å². The van der Waals surface area contributed by atoms with Crippen LogP contribution in [0.15, 0.2) is 36.7 Å². The predicted octanol–water partition coefficient (Wildman–Crippen LogP) is 3.05. The smallest absolute Gasteiger partial charge is 0.459 e. The van der Waals surface area contributed by atoms with Crippen LogP contribution in [0.1, 0.15) is 26.5 Å². The van der Waals surface area contributed by atoms with Crippen molar-refractivity contribution in [3.8, 4) is 5.75 Å². The molecule has 15 heteroatoms. The number of benzene rings is 1. The average Bonchev–Trinajstić information content (AvgIpc) is 3.42. The number of halogens is 1. The van der Waals surface area contributed by atoms with Crippen LogP contribution in [0.4, 0.5) is 16.2 Å². The largest absolute Gasteiger partial charge is 0.468 e. The van der Waals surface area contributed by atoms with E-state index in [2.05, 4.69) is 24.8 Å². The van der Waals surface area contributed by atoms with Gasteiger partial charge in [0.25, 0.3) is 0 Å². The molecule has 206 valence electrons. The Bertz CT molecular complexity index is 1340. The maximum Gasteiger partial charge on any atom is 0.459 e. The van der Waals surface area contributed by atoms with Gasteiger partial charge < -0.3 is 24.6 Å². The number of alkyl halides is 1. The second kappa shape index (κ2) is 10.8. The van der Waals surface area contributed by atoms with Crippen molar-refractivity contribution in [2.24, 2.45) is 5.92 Å². The predicted molar refractivity (Wildman–Crippen MR) is 137 cm³/mol. The molecule has 0 bridgehead atoms. The van der Waals surface area contributed by atoms with E-state index in [1.807, 2.05) is 0 Å². The molecule has 1 aromatic carbocycles. The Morgan fingerprint density at radius 1 is 1.37 bits per heavy atom. The second-order valence-electron chi connectivity index (χ2n) is 9.25. The Kier molecular flexibility index (Phi) is 7.88. The lowest BCUT2D eigenvalue weighted by Gasteiger charge is -2.26. The summed E-state index contributed by atoms with van der Waals surface area (Å²) in [5, 5.41) is 2.49. The summed E-state index contributed by atoms with van der Waals surface area (Å²) in [6.07, 6.45) is 0.591. The SMILES string of the molecule is COC(=O)[C@@H](C)N[P@](=O)(OC[C@]1(F)C[C@H](C)[C@H](n2cnc3c(N(C)C)nc(N)nc32)O1)Oc1ccccc1. The van der Waals surface area contributed by atoms with Crippen molar-refractivity contribution in [1.29, 1.82) is 0 Å². The zero-order valence-electron chi connectivity index (χ0n) is 21.7. The molecule has 1 fully saturated rings. The van der Waals surface area contributed by atoms with E-state index in [0.29, 0.717) is 17.0 Å². The van der Waals surface area contributed by atoms with Crippen molar-refractivity contribution >= 4 is 36.6 Å². The lowest BCUT2D eigenvalue weighted by atomic mass is 10.1. The van der Waals surface area contributed by atoms with Crippen molar-refractivity contribution in [2.45, 2.75) is 38.4 Å². The van der Waals surface area contributed by atoms with Crippen LogP contribution < -0.4 is 20.2 Å². The van der Waals surface area contributed by atoms with Gasteiger partial charge in [0.1, 0.15) is 24.6 Å².